The molecule has 162 valence electrons. The lowest BCUT2D eigenvalue weighted by Crippen LogP contribution is -2.14. The van der Waals surface area contributed by atoms with E-state index in [0.717, 1.165) is 22.3 Å². The van der Waals surface area contributed by atoms with Crippen LogP contribution in [0.2, 0.25) is 0 Å². The number of nitrogens with zero attached hydrogens (tertiary/aromatic N) is 3. The van der Waals surface area contributed by atoms with E-state index in [1.165, 1.54) is 6.07 Å². The molecule has 0 aliphatic rings. The van der Waals surface area contributed by atoms with Crippen LogP contribution in [0.5, 0.6) is 5.75 Å². The van der Waals surface area contributed by atoms with Gasteiger partial charge in [-0.3, -0.25) is 0 Å². The fraction of sp³-hybridized carbons (Fsp3) is 0.250. The Bertz CT molecular complexity index is 1210. The predicted molar refractivity (Wildman–Crippen MR) is 113 cm³/mol. The van der Waals surface area contributed by atoms with E-state index in [1.807, 2.05) is 12.1 Å². The molecule has 0 spiro atoms. The van der Waals surface area contributed by atoms with Crippen molar-refractivity contribution in [2.45, 2.75) is 32.7 Å². The standard InChI is InChI=1S/C20H19F3N5O2P/c1-10(2)29-15-4-3-13(8-14(15)20(21,22)23)24-9-12-6-16-11(7-18(12)31)5-17(30-16)19-25-27-28-26-19/h3-8,10,24H,9,31H2,1-2H3,(H,25,26,27,28). The number of alkyl halides is 3. The first-order valence-corrected chi connectivity index (χ1v) is 9.96. The van der Waals surface area contributed by atoms with Crippen LogP contribution in [0.15, 0.2) is 40.8 Å². The minimum Gasteiger partial charge on any atom is -0.490 e. The summed E-state index contributed by atoms with van der Waals surface area (Å²) in [7, 11) is 2.63. The number of ether oxygens (including phenoxy) is 1. The van der Waals surface area contributed by atoms with Gasteiger partial charge in [0, 0.05) is 17.6 Å². The first kappa shape index (κ1) is 21.1. The third-order valence-electron chi connectivity index (χ3n) is 4.47. The molecule has 2 heterocycles. The SMILES string of the molecule is CC(C)Oc1ccc(NCc2cc3oc(-c4nn[nH]n4)cc3cc2P)cc1C(F)(F)F. The molecule has 2 aromatic carbocycles. The van der Waals surface area contributed by atoms with Gasteiger partial charge >= 0.3 is 6.18 Å². The van der Waals surface area contributed by atoms with E-state index in [2.05, 4.69) is 35.2 Å². The van der Waals surface area contributed by atoms with Gasteiger partial charge in [0.25, 0.3) is 0 Å². The summed E-state index contributed by atoms with van der Waals surface area (Å²) in [4.78, 5) is 0. The van der Waals surface area contributed by atoms with E-state index in [-0.39, 0.29) is 11.9 Å². The van der Waals surface area contributed by atoms with Gasteiger partial charge in [0.15, 0.2) is 5.76 Å². The van der Waals surface area contributed by atoms with Crippen molar-refractivity contribution < 1.29 is 22.3 Å². The van der Waals surface area contributed by atoms with Crippen LogP contribution in [0, 0.1) is 0 Å². The van der Waals surface area contributed by atoms with Crippen molar-refractivity contribution in [3.63, 3.8) is 0 Å². The number of H-pyrrole nitrogens is 1. The predicted octanol–water partition coefficient (Wildman–Crippen LogP) is 4.53. The van der Waals surface area contributed by atoms with Crippen molar-refractivity contribution in [1.82, 2.24) is 20.6 Å². The van der Waals surface area contributed by atoms with Gasteiger partial charge in [-0.25, -0.2) is 0 Å². The summed E-state index contributed by atoms with van der Waals surface area (Å²) in [5.41, 5.74) is 0.977. The van der Waals surface area contributed by atoms with Crippen LogP contribution in [0.3, 0.4) is 0 Å². The smallest absolute Gasteiger partial charge is 0.420 e. The molecule has 4 aromatic rings. The van der Waals surface area contributed by atoms with Gasteiger partial charge in [-0.05, 0) is 66.3 Å². The third-order valence-corrected chi connectivity index (χ3v) is 5.01. The highest BCUT2D eigenvalue weighted by Crippen LogP contribution is 2.38. The highest BCUT2D eigenvalue weighted by molar-refractivity contribution is 7.27. The molecule has 2 N–H and O–H groups in total. The molecule has 31 heavy (non-hydrogen) atoms. The lowest BCUT2D eigenvalue weighted by molar-refractivity contribution is -0.139. The van der Waals surface area contributed by atoms with E-state index < -0.39 is 11.7 Å². The van der Waals surface area contributed by atoms with E-state index in [0.29, 0.717) is 29.4 Å². The maximum Gasteiger partial charge on any atom is 0.420 e. The first-order valence-electron chi connectivity index (χ1n) is 9.38. The quantitative estimate of drug-likeness (QED) is 0.421. The Balaban J connectivity index is 1.58. The average Bonchev–Trinajstić information content (AvgIpc) is 3.35. The number of aromatic nitrogens is 4. The fourth-order valence-electron chi connectivity index (χ4n) is 3.09. The summed E-state index contributed by atoms with van der Waals surface area (Å²) in [5, 5.41) is 18.5. The Labute approximate surface area is 177 Å². The number of furan rings is 1. The second-order valence-corrected chi connectivity index (χ2v) is 7.79. The third kappa shape index (κ3) is 4.64. The normalized spacial score (nSPS) is 12.0. The van der Waals surface area contributed by atoms with Gasteiger partial charge in [0.05, 0.1) is 11.7 Å². The van der Waals surface area contributed by atoms with Crippen molar-refractivity contribution in [2.24, 2.45) is 0 Å². The number of aromatic amines is 1. The van der Waals surface area contributed by atoms with E-state index in [4.69, 9.17) is 9.15 Å². The van der Waals surface area contributed by atoms with Crippen LogP contribution in [0.4, 0.5) is 18.9 Å². The van der Waals surface area contributed by atoms with Gasteiger partial charge in [-0.15, -0.1) is 19.4 Å². The number of hydrogen-bond acceptors (Lipinski definition) is 6. The lowest BCUT2D eigenvalue weighted by Gasteiger charge is -2.18. The van der Waals surface area contributed by atoms with Gasteiger partial charge in [0.1, 0.15) is 11.3 Å². The Morgan fingerprint density at radius 3 is 2.68 bits per heavy atom. The molecule has 1 unspecified atom stereocenters. The molecular weight excluding hydrogens is 430 g/mol. The minimum atomic E-state index is -4.52. The summed E-state index contributed by atoms with van der Waals surface area (Å²) < 4.78 is 51.5. The molecule has 4 rings (SSSR count). The number of hydrogen-bond donors (Lipinski definition) is 2. The Hall–Kier alpha value is -3.13. The number of rotatable bonds is 6. The van der Waals surface area contributed by atoms with Crippen LogP contribution in [-0.4, -0.2) is 26.7 Å². The molecule has 2 aromatic heterocycles. The maximum atomic E-state index is 13.5. The molecule has 0 bridgehead atoms. The van der Waals surface area contributed by atoms with Crippen molar-refractivity contribution in [3.8, 4) is 17.3 Å². The fourth-order valence-corrected chi connectivity index (χ4v) is 3.46. The molecule has 1 atom stereocenters. The number of nitrogens with one attached hydrogen (secondary N) is 2. The van der Waals surface area contributed by atoms with Crippen LogP contribution in [0.1, 0.15) is 25.0 Å². The lowest BCUT2D eigenvalue weighted by atomic mass is 10.1. The summed E-state index contributed by atoms with van der Waals surface area (Å²) in [6.45, 7) is 3.66. The molecule has 0 radical (unpaired) electrons. The zero-order chi connectivity index (χ0) is 22.2. The Kier molecular flexibility index (Phi) is 5.58. The number of anilines is 1. The van der Waals surface area contributed by atoms with Gasteiger partial charge in [0.2, 0.25) is 5.82 Å². The molecule has 0 saturated heterocycles. The highest BCUT2D eigenvalue weighted by atomic mass is 31.0. The van der Waals surface area contributed by atoms with Crippen molar-refractivity contribution >= 4 is 31.2 Å². The average molecular weight is 449 g/mol. The van der Waals surface area contributed by atoms with Gasteiger partial charge in [-0.1, -0.05) is 0 Å². The topological polar surface area (TPSA) is 88.9 Å². The molecule has 0 fully saturated rings. The van der Waals surface area contributed by atoms with Crippen LogP contribution in [0.25, 0.3) is 22.6 Å². The molecule has 0 saturated carbocycles. The van der Waals surface area contributed by atoms with E-state index in [1.54, 1.807) is 26.0 Å². The Morgan fingerprint density at radius 2 is 2.00 bits per heavy atom. The number of benzene rings is 2. The number of tetrazole rings is 1. The molecule has 0 aliphatic carbocycles. The summed E-state index contributed by atoms with van der Waals surface area (Å²) >= 11 is 0. The molecule has 0 aliphatic heterocycles. The van der Waals surface area contributed by atoms with Gasteiger partial charge in [-0.2, -0.15) is 18.4 Å². The monoisotopic (exact) mass is 449 g/mol. The van der Waals surface area contributed by atoms with Crippen molar-refractivity contribution in [3.05, 3.63) is 47.5 Å². The second-order valence-electron chi connectivity index (χ2n) is 7.16. The molecule has 11 heteroatoms. The van der Waals surface area contributed by atoms with Crippen molar-refractivity contribution in [2.75, 3.05) is 5.32 Å². The maximum absolute atomic E-state index is 13.5. The number of fused-ring (bicyclic) bond motifs is 1. The molecule has 0 amide bonds. The first-order chi connectivity index (χ1) is 14.7. The summed E-state index contributed by atoms with van der Waals surface area (Å²) in [5.74, 6) is 0.615. The van der Waals surface area contributed by atoms with E-state index >= 15 is 0 Å². The second kappa shape index (κ2) is 8.19. The van der Waals surface area contributed by atoms with Crippen molar-refractivity contribution in [1.29, 1.82) is 0 Å². The van der Waals surface area contributed by atoms with Gasteiger partial charge < -0.3 is 14.5 Å². The number of halogens is 3. The largest absolute Gasteiger partial charge is 0.490 e. The van der Waals surface area contributed by atoms with E-state index in [9.17, 15) is 13.2 Å². The molecule has 7 nitrogen and oxygen atoms in total. The zero-order valence-corrected chi connectivity index (χ0v) is 17.8. The highest BCUT2D eigenvalue weighted by Gasteiger charge is 2.35. The van der Waals surface area contributed by atoms with Crippen LogP contribution in [-0.2, 0) is 12.7 Å². The van der Waals surface area contributed by atoms with Crippen LogP contribution < -0.4 is 15.4 Å². The van der Waals surface area contributed by atoms with Crippen LogP contribution >= 0.6 is 9.24 Å². The summed E-state index contributed by atoms with van der Waals surface area (Å²) in [6, 6.07) is 9.49. The summed E-state index contributed by atoms with van der Waals surface area (Å²) in [6.07, 6.45) is -4.89. The Morgan fingerprint density at radius 1 is 1.19 bits per heavy atom. The molecular formula is C20H19F3N5O2P. The zero-order valence-electron chi connectivity index (χ0n) is 16.6. The minimum absolute atomic E-state index is 0.189.